The number of hydrogen-bond acceptors (Lipinski definition) is 4. The van der Waals surface area contributed by atoms with Crippen LogP contribution in [0.5, 0.6) is 0 Å². The molecule has 0 saturated carbocycles. The fourth-order valence-electron chi connectivity index (χ4n) is 3.46. The Morgan fingerprint density at radius 1 is 1.07 bits per heavy atom. The summed E-state index contributed by atoms with van der Waals surface area (Å²) in [6.45, 7) is 1.71. The lowest BCUT2D eigenvalue weighted by atomic mass is 9.98. The summed E-state index contributed by atoms with van der Waals surface area (Å²) in [5.41, 5.74) is 4.55. The van der Waals surface area contributed by atoms with Crippen LogP contribution >= 0.6 is 0 Å². The number of carbonyl (C=O) groups is 3. The first-order chi connectivity index (χ1) is 14.5. The number of carbonyl (C=O) groups excluding carboxylic acids is 2. The average molecular weight is 406 g/mol. The molecule has 30 heavy (non-hydrogen) atoms. The van der Waals surface area contributed by atoms with Crippen molar-refractivity contribution in [3.05, 3.63) is 59.7 Å². The summed E-state index contributed by atoms with van der Waals surface area (Å²) in [5.74, 6) is 3.18. The van der Waals surface area contributed by atoms with Gasteiger partial charge < -0.3 is 20.5 Å². The van der Waals surface area contributed by atoms with Crippen molar-refractivity contribution in [2.75, 3.05) is 13.2 Å². The minimum Gasteiger partial charge on any atom is -0.481 e. The number of hydrogen-bond donors (Lipinski definition) is 3. The quantitative estimate of drug-likeness (QED) is 0.640. The predicted molar refractivity (Wildman–Crippen MR) is 111 cm³/mol. The zero-order chi connectivity index (χ0) is 21.5. The Hall–Kier alpha value is -3.79. The van der Waals surface area contributed by atoms with Crippen LogP contribution in [0.3, 0.4) is 0 Å². The van der Waals surface area contributed by atoms with Gasteiger partial charge in [-0.25, -0.2) is 4.79 Å². The molecule has 0 unspecified atom stereocenters. The number of benzene rings is 2. The maximum Gasteiger partial charge on any atom is 0.407 e. The number of alkyl carbamates (subject to hydrolysis) is 1. The molecular formula is C23H22N2O5. The summed E-state index contributed by atoms with van der Waals surface area (Å²) in [5, 5.41) is 13.6. The van der Waals surface area contributed by atoms with Gasteiger partial charge in [0.25, 0.3) is 5.91 Å². The molecule has 0 saturated heterocycles. The topological polar surface area (TPSA) is 105 Å². The van der Waals surface area contributed by atoms with Gasteiger partial charge in [0.1, 0.15) is 6.61 Å². The number of carboxylic acids is 1. The summed E-state index contributed by atoms with van der Waals surface area (Å²) in [4.78, 5) is 34.2. The monoisotopic (exact) mass is 406 g/mol. The van der Waals surface area contributed by atoms with E-state index in [2.05, 4.69) is 34.6 Å². The molecule has 2 aromatic rings. The van der Waals surface area contributed by atoms with Crippen LogP contribution in [0.2, 0.25) is 0 Å². The van der Waals surface area contributed by atoms with Crippen molar-refractivity contribution in [3.8, 4) is 23.0 Å². The lowest BCUT2D eigenvalue weighted by Gasteiger charge is -2.14. The van der Waals surface area contributed by atoms with Crippen molar-refractivity contribution in [2.45, 2.75) is 25.3 Å². The number of fused-ring (bicyclic) bond motifs is 3. The van der Waals surface area contributed by atoms with E-state index in [9.17, 15) is 14.4 Å². The first-order valence-corrected chi connectivity index (χ1v) is 9.55. The predicted octanol–water partition coefficient (Wildman–Crippen LogP) is 2.51. The molecule has 0 aliphatic heterocycles. The van der Waals surface area contributed by atoms with Crippen molar-refractivity contribution in [1.82, 2.24) is 10.6 Å². The minimum absolute atomic E-state index is 0.0317. The van der Waals surface area contributed by atoms with Crippen LogP contribution in [0.15, 0.2) is 48.5 Å². The summed E-state index contributed by atoms with van der Waals surface area (Å²) in [6.07, 6.45) is -0.809. The Morgan fingerprint density at radius 2 is 1.67 bits per heavy atom. The third-order valence-corrected chi connectivity index (χ3v) is 4.73. The average Bonchev–Trinajstić information content (AvgIpc) is 3.03. The van der Waals surface area contributed by atoms with Gasteiger partial charge in [0.2, 0.25) is 0 Å². The van der Waals surface area contributed by atoms with Gasteiger partial charge in [0.05, 0.1) is 13.0 Å². The number of amides is 2. The van der Waals surface area contributed by atoms with Crippen molar-refractivity contribution in [2.24, 2.45) is 0 Å². The third-order valence-electron chi connectivity index (χ3n) is 4.73. The molecule has 0 radical (unpaired) electrons. The highest BCUT2D eigenvalue weighted by atomic mass is 16.5. The number of nitrogens with one attached hydrogen (secondary N) is 2. The number of carboxylic acid groups (broad SMARTS) is 1. The molecule has 0 heterocycles. The van der Waals surface area contributed by atoms with Crippen LogP contribution in [0.25, 0.3) is 11.1 Å². The highest BCUT2D eigenvalue weighted by molar-refractivity contribution is 5.94. The fraction of sp³-hybridized carbons (Fsp3) is 0.261. The molecule has 0 aromatic heterocycles. The van der Waals surface area contributed by atoms with E-state index >= 15 is 0 Å². The van der Waals surface area contributed by atoms with Gasteiger partial charge in [-0.3, -0.25) is 9.59 Å². The van der Waals surface area contributed by atoms with Crippen molar-refractivity contribution >= 4 is 18.0 Å². The molecule has 1 atom stereocenters. The van der Waals surface area contributed by atoms with Gasteiger partial charge in [-0.2, -0.15) is 0 Å². The van der Waals surface area contributed by atoms with E-state index in [4.69, 9.17) is 9.84 Å². The second-order valence-corrected chi connectivity index (χ2v) is 6.95. The molecule has 3 N–H and O–H groups in total. The van der Waals surface area contributed by atoms with Gasteiger partial charge in [-0.15, -0.1) is 0 Å². The maximum atomic E-state index is 12.0. The van der Waals surface area contributed by atoms with E-state index in [-0.39, 0.29) is 25.5 Å². The molecule has 2 aromatic carbocycles. The highest BCUT2D eigenvalue weighted by Crippen LogP contribution is 2.44. The van der Waals surface area contributed by atoms with Crippen LogP contribution in [-0.4, -0.2) is 42.3 Å². The Labute approximate surface area is 174 Å². The van der Waals surface area contributed by atoms with Crippen LogP contribution in [0.1, 0.15) is 30.4 Å². The molecule has 2 amide bonds. The second-order valence-electron chi connectivity index (χ2n) is 6.95. The van der Waals surface area contributed by atoms with Crippen molar-refractivity contribution in [3.63, 3.8) is 0 Å². The Kier molecular flexibility index (Phi) is 6.71. The number of ether oxygens (including phenoxy) is 1. The minimum atomic E-state index is -1.01. The molecule has 3 rings (SSSR count). The summed E-state index contributed by atoms with van der Waals surface area (Å²) < 4.78 is 5.37. The van der Waals surface area contributed by atoms with Gasteiger partial charge >= 0.3 is 12.1 Å². The molecule has 0 bridgehead atoms. The van der Waals surface area contributed by atoms with Crippen LogP contribution < -0.4 is 10.6 Å². The van der Waals surface area contributed by atoms with Crippen LogP contribution in [0.4, 0.5) is 4.79 Å². The van der Waals surface area contributed by atoms with Crippen LogP contribution in [-0.2, 0) is 14.3 Å². The number of aliphatic carboxylic acids is 1. The van der Waals surface area contributed by atoms with E-state index in [0.717, 1.165) is 22.3 Å². The van der Waals surface area contributed by atoms with E-state index in [1.54, 1.807) is 6.92 Å². The lowest BCUT2D eigenvalue weighted by molar-refractivity contribution is -0.137. The molecule has 1 aliphatic rings. The Morgan fingerprint density at radius 3 is 2.27 bits per heavy atom. The van der Waals surface area contributed by atoms with E-state index in [0.29, 0.717) is 0 Å². The van der Waals surface area contributed by atoms with Crippen molar-refractivity contribution in [1.29, 1.82) is 0 Å². The Balaban J connectivity index is 1.48. The first-order valence-electron chi connectivity index (χ1n) is 9.55. The third kappa shape index (κ3) is 5.17. The van der Waals surface area contributed by atoms with E-state index in [1.165, 1.54) is 0 Å². The van der Waals surface area contributed by atoms with Gasteiger partial charge in [0, 0.05) is 12.0 Å². The molecule has 0 fully saturated rings. The van der Waals surface area contributed by atoms with E-state index < -0.39 is 24.0 Å². The van der Waals surface area contributed by atoms with Gasteiger partial charge in [-0.1, -0.05) is 54.5 Å². The standard InChI is InChI=1S/C23H22N2O5/c1-15(13-22(27)28)25-21(26)11-6-12-24-23(29)30-14-20-18-9-4-2-7-16(18)17-8-3-5-10-19(17)20/h2-5,7-10,15,20H,12-14H2,1H3,(H,24,29)(H,25,26)(H,27,28)/t15-/m1/s1. The molecule has 154 valence electrons. The molecule has 0 spiro atoms. The van der Waals surface area contributed by atoms with Gasteiger partial charge in [-0.05, 0) is 35.1 Å². The largest absolute Gasteiger partial charge is 0.481 e. The van der Waals surface area contributed by atoms with E-state index in [1.807, 2.05) is 36.4 Å². The first kappa shape index (κ1) is 20.9. The van der Waals surface area contributed by atoms with Crippen molar-refractivity contribution < 1.29 is 24.2 Å². The SMILES string of the molecule is C[C@H](CC(=O)O)NC(=O)C#CCNC(=O)OCC1c2ccccc2-c2ccccc21. The maximum absolute atomic E-state index is 12.0. The van der Waals surface area contributed by atoms with Crippen LogP contribution in [0, 0.1) is 11.8 Å². The summed E-state index contributed by atoms with van der Waals surface area (Å²) >= 11 is 0. The highest BCUT2D eigenvalue weighted by Gasteiger charge is 2.28. The second kappa shape index (κ2) is 9.61. The zero-order valence-corrected chi connectivity index (χ0v) is 16.5. The zero-order valence-electron chi connectivity index (χ0n) is 16.5. The normalized spacial score (nSPS) is 12.6. The number of rotatable bonds is 6. The fourth-order valence-corrected chi connectivity index (χ4v) is 3.46. The lowest BCUT2D eigenvalue weighted by Crippen LogP contribution is -2.33. The summed E-state index contributed by atoms with van der Waals surface area (Å²) in [7, 11) is 0. The molecular weight excluding hydrogens is 384 g/mol. The molecule has 1 aliphatic carbocycles. The smallest absolute Gasteiger partial charge is 0.407 e. The van der Waals surface area contributed by atoms with Gasteiger partial charge in [0.15, 0.2) is 0 Å². The summed E-state index contributed by atoms with van der Waals surface area (Å²) in [6, 6.07) is 15.6. The molecule has 7 nitrogen and oxygen atoms in total. The molecule has 7 heteroatoms. The Bertz CT molecular complexity index is 976.